The Morgan fingerprint density at radius 3 is 2.71 bits per heavy atom. The Morgan fingerprint density at radius 1 is 1.25 bits per heavy atom. The van der Waals surface area contributed by atoms with Gasteiger partial charge in [0, 0.05) is 38.0 Å². The summed E-state index contributed by atoms with van der Waals surface area (Å²) in [7, 11) is -1.63. The van der Waals surface area contributed by atoms with Crippen LogP contribution in [-0.4, -0.2) is 56.4 Å². The molecule has 1 saturated heterocycles. The summed E-state index contributed by atoms with van der Waals surface area (Å²) in [6.07, 6.45) is 8.74. The number of guanidine groups is 1. The molecule has 1 aliphatic heterocycles. The minimum absolute atomic E-state index is 0.384. The first-order valence-electron chi connectivity index (χ1n) is 10.1. The van der Waals surface area contributed by atoms with Crippen molar-refractivity contribution in [2.45, 2.75) is 61.3 Å². The van der Waals surface area contributed by atoms with Crippen molar-refractivity contribution in [1.82, 2.24) is 14.9 Å². The van der Waals surface area contributed by atoms with Gasteiger partial charge in [-0.25, -0.2) is 8.42 Å². The van der Waals surface area contributed by atoms with E-state index >= 15 is 0 Å². The largest absolute Gasteiger partial charge is 0.354 e. The van der Waals surface area contributed by atoms with Crippen LogP contribution in [0, 0.1) is 0 Å². The second-order valence-electron chi connectivity index (χ2n) is 7.55. The number of piperidine rings is 1. The Labute approximate surface area is 173 Å². The molecule has 2 unspecified atom stereocenters. The lowest BCUT2D eigenvalue weighted by atomic mass is 10.2. The standard InChI is InChI=1S/C20H32N4O2S2/c1-21-20(23-17-9-10-18(14-17)27-2)22-15-16-7-6-8-19(13-16)28(25,26)24-11-4-3-5-12-24/h6-8,13,17-18H,3-5,9-12,14-15H2,1-2H3,(H2,21,22,23). The van der Waals surface area contributed by atoms with E-state index in [2.05, 4.69) is 21.9 Å². The number of aliphatic imine (C=N–C) groups is 1. The van der Waals surface area contributed by atoms with Crippen molar-refractivity contribution in [3.63, 3.8) is 0 Å². The van der Waals surface area contributed by atoms with E-state index in [4.69, 9.17) is 0 Å². The van der Waals surface area contributed by atoms with Crippen LogP contribution >= 0.6 is 11.8 Å². The van der Waals surface area contributed by atoms with Gasteiger partial charge >= 0.3 is 0 Å². The highest BCUT2D eigenvalue weighted by Gasteiger charge is 2.26. The number of benzene rings is 1. The van der Waals surface area contributed by atoms with Crippen molar-refractivity contribution in [3.8, 4) is 0 Å². The summed E-state index contributed by atoms with van der Waals surface area (Å²) < 4.78 is 27.4. The highest BCUT2D eigenvalue weighted by atomic mass is 32.2. The first kappa shape index (κ1) is 21.5. The van der Waals surface area contributed by atoms with Crippen LogP contribution in [0.4, 0.5) is 0 Å². The fraction of sp³-hybridized carbons (Fsp3) is 0.650. The third-order valence-corrected chi connectivity index (χ3v) is 8.58. The van der Waals surface area contributed by atoms with E-state index in [-0.39, 0.29) is 0 Å². The number of nitrogens with zero attached hydrogens (tertiary/aromatic N) is 2. The minimum Gasteiger partial charge on any atom is -0.354 e. The van der Waals surface area contributed by atoms with E-state index < -0.39 is 10.0 Å². The summed E-state index contributed by atoms with van der Waals surface area (Å²) in [6.45, 7) is 1.79. The summed E-state index contributed by atoms with van der Waals surface area (Å²) in [5.41, 5.74) is 0.939. The molecular formula is C20H32N4O2S2. The highest BCUT2D eigenvalue weighted by molar-refractivity contribution is 7.99. The van der Waals surface area contributed by atoms with Crippen molar-refractivity contribution in [2.75, 3.05) is 26.4 Å². The maximum absolute atomic E-state index is 12.9. The van der Waals surface area contributed by atoms with Crippen molar-refractivity contribution < 1.29 is 8.42 Å². The van der Waals surface area contributed by atoms with Gasteiger partial charge in [0.25, 0.3) is 0 Å². The SMILES string of the molecule is CN=C(NCc1cccc(S(=O)(=O)N2CCCCC2)c1)NC1CCC(SC)C1. The molecule has 0 spiro atoms. The first-order chi connectivity index (χ1) is 13.5. The van der Waals surface area contributed by atoms with E-state index in [1.165, 1.54) is 6.42 Å². The Balaban J connectivity index is 1.59. The number of hydrogen-bond acceptors (Lipinski definition) is 4. The lowest BCUT2D eigenvalue weighted by Gasteiger charge is -2.26. The summed E-state index contributed by atoms with van der Waals surface area (Å²) in [5, 5.41) is 7.55. The van der Waals surface area contributed by atoms with E-state index in [0.29, 0.717) is 30.6 Å². The number of rotatable bonds is 6. The minimum atomic E-state index is -3.40. The summed E-state index contributed by atoms with van der Waals surface area (Å²) in [4.78, 5) is 4.71. The van der Waals surface area contributed by atoms with Crippen LogP contribution in [0.3, 0.4) is 0 Å². The van der Waals surface area contributed by atoms with Gasteiger partial charge in [0.05, 0.1) is 4.90 Å². The molecule has 1 aromatic carbocycles. The zero-order chi connectivity index (χ0) is 20.0. The second-order valence-corrected chi connectivity index (χ2v) is 10.6. The van der Waals surface area contributed by atoms with E-state index in [1.807, 2.05) is 23.9 Å². The van der Waals surface area contributed by atoms with Gasteiger partial charge in [-0.3, -0.25) is 4.99 Å². The average molecular weight is 425 g/mol. The van der Waals surface area contributed by atoms with Gasteiger partial charge in [0.2, 0.25) is 10.0 Å². The van der Waals surface area contributed by atoms with Crippen molar-refractivity contribution in [1.29, 1.82) is 0 Å². The molecule has 2 atom stereocenters. The molecule has 2 fully saturated rings. The topological polar surface area (TPSA) is 73.8 Å². The van der Waals surface area contributed by atoms with E-state index in [1.54, 1.807) is 23.5 Å². The van der Waals surface area contributed by atoms with Gasteiger partial charge < -0.3 is 10.6 Å². The van der Waals surface area contributed by atoms with Crippen LogP contribution in [0.15, 0.2) is 34.2 Å². The fourth-order valence-electron chi connectivity index (χ4n) is 3.93. The van der Waals surface area contributed by atoms with Crippen molar-refractivity contribution in [3.05, 3.63) is 29.8 Å². The van der Waals surface area contributed by atoms with Crippen LogP contribution < -0.4 is 10.6 Å². The molecule has 0 radical (unpaired) electrons. The van der Waals surface area contributed by atoms with Gasteiger partial charge in [-0.15, -0.1) is 0 Å². The molecule has 8 heteroatoms. The lowest BCUT2D eigenvalue weighted by molar-refractivity contribution is 0.346. The van der Waals surface area contributed by atoms with Gasteiger partial charge in [-0.05, 0) is 56.1 Å². The summed E-state index contributed by atoms with van der Waals surface area (Å²) in [5.74, 6) is 0.774. The van der Waals surface area contributed by atoms with Gasteiger partial charge in [-0.1, -0.05) is 18.6 Å². The van der Waals surface area contributed by atoms with E-state index in [9.17, 15) is 8.42 Å². The number of nitrogens with one attached hydrogen (secondary N) is 2. The molecule has 2 aliphatic rings. The van der Waals surface area contributed by atoms with Crippen LogP contribution in [0.5, 0.6) is 0 Å². The summed E-state index contributed by atoms with van der Waals surface area (Å²) >= 11 is 1.94. The zero-order valence-electron chi connectivity index (χ0n) is 16.9. The quantitative estimate of drug-likeness (QED) is 0.543. The molecular weight excluding hydrogens is 392 g/mol. The average Bonchev–Trinajstić information content (AvgIpc) is 3.19. The molecule has 3 rings (SSSR count). The molecule has 1 aromatic rings. The Bertz CT molecular complexity index is 776. The molecule has 28 heavy (non-hydrogen) atoms. The number of thioether (sulfide) groups is 1. The third kappa shape index (κ3) is 5.42. The molecule has 6 nitrogen and oxygen atoms in total. The monoisotopic (exact) mass is 424 g/mol. The van der Waals surface area contributed by atoms with Crippen LogP contribution in [-0.2, 0) is 16.6 Å². The Hall–Kier alpha value is -1.25. The Morgan fingerprint density at radius 2 is 2.04 bits per heavy atom. The number of hydrogen-bond donors (Lipinski definition) is 2. The predicted molar refractivity (Wildman–Crippen MR) is 117 cm³/mol. The van der Waals surface area contributed by atoms with Gasteiger partial charge in [0.1, 0.15) is 0 Å². The highest BCUT2D eigenvalue weighted by Crippen LogP contribution is 2.28. The molecule has 1 saturated carbocycles. The van der Waals surface area contributed by atoms with Gasteiger partial charge in [-0.2, -0.15) is 16.1 Å². The van der Waals surface area contributed by atoms with Gasteiger partial charge in [0.15, 0.2) is 5.96 Å². The van der Waals surface area contributed by atoms with E-state index in [0.717, 1.165) is 48.9 Å². The Kier molecular flexibility index (Phi) is 7.65. The fourth-order valence-corrected chi connectivity index (χ4v) is 6.31. The maximum Gasteiger partial charge on any atom is 0.243 e. The van der Waals surface area contributed by atoms with Crippen molar-refractivity contribution >= 4 is 27.7 Å². The third-order valence-electron chi connectivity index (χ3n) is 5.59. The molecule has 0 bridgehead atoms. The van der Waals surface area contributed by atoms with Crippen LogP contribution in [0.2, 0.25) is 0 Å². The maximum atomic E-state index is 12.9. The summed E-state index contributed by atoms with van der Waals surface area (Å²) in [6, 6.07) is 7.71. The predicted octanol–water partition coefficient (Wildman–Crippen LogP) is 2.81. The molecule has 0 aromatic heterocycles. The molecule has 156 valence electrons. The normalized spacial score (nSPS) is 24.3. The first-order valence-corrected chi connectivity index (χ1v) is 12.8. The molecule has 0 amide bonds. The van der Waals surface area contributed by atoms with Crippen LogP contribution in [0.25, 0.3) is 0 Å². The molecule has 2 N–H and O–H groups in total. The second kappa shape index (κ2) is 9.98. The smallest absolute Gasteiger partial charge is 0.243 e. The van der Waals surface area contributed by atoms with Crippen LogP contribution in [0.1, 0.15) is 44.1 Å². The molecule has 1 heterocycles. The zero-order valence-corrected chi connectivity index (χ0v) is 18.5. The molecule has 1 aliphatic carbocycles. The lowest BCUT2D eigenvalue weighted by Crippen LogP contribution is -2.42. The van der Waals surface area contributed by atoms with Crippen molar-refractivity contribution in [2.24, 2.45) is 4.99 Å². The number of sulfonamides is 1.